The molecule has 1 aliphatic rings. The first-order valence-corrected chi connectivity index (χ1v) is 17.2. The highest BCUT2D eigenvalue weighted by atomic mass is 16.5. The van der Waals surface area contributed by atoms with Gasteiger partial charge in [-0.1, -0.05) is 87.5 Å². The minimum atomic E-state index is -1.32. The Kier molecular flexibility index (Phi) is 13.4. The molecule has 12 nitrogen and oxygen atoms in total. The summed E-state index contributed by atoms with van der Waals surface area (Å²) >= 11 is 0. The fourth-order valence-electron chi connectivity index (χ4n) is 5.63. The van der Waals surface area contributed by atoms with Crippen molar-refractivity contribution in [3.63, 3.8) is 0 Å². The third-order valence-electron chi connectivity index (χ3n) is 8.71. The zero-order valence-corrected chi connectivity index (χ0v) is 29.5. The van der Waals surface area contributed by atoms with E-state index in [2.05, 4.69) is 10.7 Å². The number of hydrogen-bond acceptors (Lipinski definition) is 8. The first-order valence-electron chi connectivity index (χ1n) is 17.2. The summed E-state index contributed by atoms with van der Waals surface area (Å²) in [4.78, 5) is 57.5. The van der Waals surface area contributed by atoms with Gasteiger partial charge in [-0.15, -0.1) is 0 Å². The molecule has 3 aromatic rings. The minimum Gasteiger partial charge on any atom is -0.445 e. The maximum Gasteiger partial charge on any atom is 0.408 e. The largest absolute Gasteiger partial charge is 0.445 e. The first kappa shape index (κ1) is 37.9. The van der Waals surface area contributed by atoms with Crippen molar-refractivity contribution in [1.82, 2.24) is 20.7 Å². The van der Waals surface area contributed by atoms with Gasteiger partial charge in [-0.3, -0.25) is 24.7 Å². The Hall–Kier alpha value is -4.94. The van der Waals surface area contributed by atoms with Crippen LogP contribution >= 0.6 is 0 Å². The van der Waals surface area contributed by atoms with Crippen LogP contribution in [0, 0.1) is 5.92 Å². The van der Waals surface area contributed by atoms with Crippen LogP contribution in [0.5, 0.6) is 0 Å². The number of benzene rings is 3. The maximum atomic E-state index is 14.5. The van der Waals surface area contributed by atoms with Crippen LogP contribution in [-0.4, -0.2) is 69.7 Å². The van der Waals surface area contributed by atoms with E-state index in [0.717, 1.165) is 22.0 Å². The summed E-state index contributed by atoms with van der Waals surface area (Å²) in [6.45, 7) is 9.34. The van der Waals surface area contributed by atoms with Crippen LogP contribution in [-0.2, 0) is 25.7 Å². The second-order valence-corrected chi connectivity index (χ2v) is 13.2. The van der Waals surface area contributed by atoms with Crippen LogP contribution < -0.4 is 21.4 Å². The monoisotopic (exact) mass is 686 g/mol. The number of nitrogens with two attached hydrogens (primary N) is 1. The number of rotatable bonds is 14. The van der Waals surface area contributed by atoms with E-state index in [1.807, 2.05) is 98.5 Å². The summed E-state index contributed by atoms with van der Waals surface area (Å²) < 4.78 is 5.51. The Morgan fingerprint density at radius 2 is 1.62 bits per heavy atom. The number of carbonyl (C=O) groups is 4. The molecule has 0 radical (unpaired) electrons. The number of aliphatic hydroxyl groups is 1. The number of anilines is 1. The predicted molar refractivity (Wildman–Crippen MR) is 193 cm³/mol. The number of nitrogens with one attached hydrogen (secondary N) is 2. The number of carbonyl (C=O) groups excluding carboxylic acids is 4. The molecule has 1 heterocycles. The second-order valence-electron chi connectivity index (χ2n) is 13.2. The summed E-state index contributed by atoms with van der Waals surface area (Å²) in [6, 6.07) is 20.3. The third-order valence-corrected chi connectivity index (χ3v) is 8.71. The molecule has 0 bridgehead atoms. The van der Waals surface area contributed by atoms with Crippen molar-refractivity contribution in [2.75, 3.05) is 11.6 Å². The van der Waals surface area contributed by atoms with Gasteiger partial charge in [0.25, 0.3) is 11.8 Å². The molecular formula is C38H50N6O6. The van der Waals surface area contributed by atoms with Crippen LogP contribution in [0.15, 0.2) is 84.7 Å². The van der Waals surface area contributed by atoms with Crippen LogP contribution in [0.1, 0.15) is 65.9 Å². The number of fused-ring (bicyclic) bond motifs is 1. The molecule has 4 rings (SSSR count). The number of amides is 4. The van der Waals surface area contributed by atoms with Gasteiger partial charge in [-0.25, -0.2) is 9.80 Å². The Morgan fingerprint density at radius 3 is 2.30 bits per heavy atom. The Balaban J connectivity index is 1.69. The average Bonchev–Trinajstić information content (AvgIpc) is 3.53. The molecule has 2 unspecified atom stereocenters. The van der Waals surface area contributed by atoms with Gasteiger partial charge < -0.3 is 25.8 Å². The number of hydrazine groups is 1. The Labute approximate surface area is 294 Å². The molecule has 12 heteroatoms. The van der Waals surface area contributed by atoms with Crippen LogP contribution in [0.4, 0.5) is 10.5 Å². The minimum absolute atomic E-state index is 0.0249. The normalized spacial score (nSPS) is 15.2. The van der Waals surface area contributed by atoms with Crippen molar-refractivity contribution in [3.8, 4) is 0 Å². The zero-order valence-electron chi connectivity index (χ0n) is 29.5. The van der Waals surface area contributed by atoms with E-state index in [4.69, 9.17) is 10.5 Å². The van der Waals surface area contributed by atoms with E-state index >= 15 is 0 Å². The number of aliphatic hydroxyl groups excluding tert-OH is 1. The highest BCUT2D eigenvalue weighted by molar-refractivity contribution is 5.96. The third kappa shape index (κ3) is 9.82. The van der Waals surface area contributed by atoms with Gasteiger partial charge in [0.15, 0.2) is 0 Å². The smallest absolute Gasteiger partial charge is 0.408 e. The fraction of sp³-hybridized carbons (Fsp3) is 0.421. The first-order chi connectivity index (χ1) is 23.9. The predicted octanol–water partition coefficient (Wildman–Crippen LogP) is 4.78. The standard InChI is InChI=1S/C38H50N6O6/c1-6-26(4)44(41-35(46)34(45)20-19-25(2)3)37(48)32(40-38(49)50-23-28-13-8-7-9-14-28)21-30-22-42(36(47)27(5)39)24-43(30)33-18-12-16-29-15-10-11-17-31(29)33/h7-18,22,25-27,32,34,45H,6,19-21,23-24,39H2,1-5H3,(H,40,49)(H,41,46)/t26?,27-,32?,34-/m0/s1. The van der Waals surface area contributed by atoms with Crippen LogP contribution in [0.25, 0.3) is 10.8 Å². The molecule has 0 fully saturated rings. The van der Waals surface area contributed by atoms with Gasteiger partial charge in [-0.2, -0.15) is 0 Å². The van der Waals surface area contributed by atoms with E-state index in [1.54, 1.807) is 20.0 Å². The van der Waals surface area contributed by atoms with Gasteiger partial charge in [0.2, 0.25) is 5.91 Å². The van der Waals surface area contributed by atoms with E-state index < -0.39 is 42.1 Å². The summed E-state index contributed by atoms with van der Waals surface area (Å²) in [5, 5.41) is 16.4. The summed E-state index contributed by atoms with van der Waals surface area (Å²) in [7, 11) is 0. The molecule has 0 saturated carbocycles. The molecule has 5 N–H and O–H groups in total. The van der Waals surface area contributed by atoms with Crippen LogP contribution in [0.2, 0.25) is 0 Å². The maximum absolute atomic E-state index is 14.5. The molecule has 1 aliphatic heterocycles. The lowest BCUT2D eigenvalue weighted by Crippen LogP contribution is -2.59. The van der Waals surface area contributed by atoms with Crippen molar-refractivity contribution in [3.05, 3.63) is 90.3 Å². The second kappa shape index (κ2) is 17.6. The zero-order chi connectivity index (χ0) is 36.4. The van der Waals surface area contributed by atoms with Gasteiger partial charge >= 0.3 is 6.09 Å². The molecule has 0 aromatic heterocycles. The molecule has 0 spiro atoms. The van der Waals surface area contributed by atoms with Crippen molar-refractivity contribution >= 4 is 40.3 Å². The van der Waals surface area contributed by atoms with E-state index in [1.165, 1.54) is 9.91 Å². The average molecular weight is 687 g/mol. The Bertz CT molecular complexity index is 1660. The molecular weight excluding hydrogens is 636 g/mol. The number of nitrogens with zero attached hydrogens (tertiary/aromatic N) is 3. The summed E-state index contributed by atoms with van der Waals surface area (Å²) in [6.07, 6.45) is 0.750. The highest BCUT2D eigenvalue weighted by Gasteiger charge is 2.36. The van der Waals surface area contributed by atoms with Gasteiger partial charge in [0, 0.05) is 23.7 Å². The molecule has 0 aliphatic carbocycles. The highest BCUT2D eigenvalue weighted by Crippen LogP contribution is 2.34. The lowest BCUT2D eigenvalue weighted by atomic mass is 10.0. The van der Waals surface area contributed by atoms with Gasteiger partial charge in [0.05, 0.1) is 17.8 Å². The molecule has 4 amide bonds. The number of alkyl carbamates (subject to hydrolysis) is 1. The van der Waals surface area contributed by atoms with Crippen molar-refractivity contribution in [2.45, 2.75) is 91.1 Å². The van der Waals surface area contributed by atoms with Crippen LogP contribution in [0.3, 0.4) is 0 Å². The van der Waals surface area contributed by atoms with Gasteiger partial charge in [0.1, 0.15) is 25.4 Å². The van der Waals surface area contributed by atoms with Crippen molar-refractivity contribution in [1.29, 1.82) is 0 Å². The SMILES string of the molecule is CCC(C)N(NC(=O)[C@@H](O)CCC(C)C)C(=O)C(CC1=CN(C(=O)[C@H](C)N)CN1c1cccc2ccccc12)NC(=O)OCc1ccccc1. The lowest BCUT2D eigenvalue weighted by molar-refractivity contribution is -0.149. The summed E-state index contributed by atoms with van der Waals surface area (Å²) in [5.41, 5.74) is 10.7. The van der Waals surface area contributed by atoms with E-state index in [-0.39, 0.29) is 37.9 Å². The number of hydrogen-bond donors (Lipinski definition) is 4. The number of ether oxygens (including phenoxy) is 1. The summed E-state index contributed by atoms with van der Waals surface area (Å²) in [5.74, 6) is -1.36. The molecule has 4 atom stereocenters. The Morgan fingerprint density at radius 1 is 0.940 bits per heavy atom. The molecule has 0 saturated heterocycles. The lowest BCUT2D eigenvalue weighted by Gasteiger charge is -2.34. The van der Waals surface area contributed by atoms with Crippen molar-refractivity contribution in [2.24, 2.45) is 11.7 Å². The van der Waals surface area contributed by atoms with Crippen molar-refractivity contribution < 1.29 is 29.0 Å². The molecule has 3 aromatic carbocycles. The fourth-order valence-corrected chi connectivity index (χ4v) is 5.63. The van der Waals surface area contributed by atoms with Gasteiger partial charge in [-0.05, 0) is 56.0 Å². The topological polar surface area (TPSA) is 158 Å². The quantitative estimate of drug-likeness (QED) is 0.177. The molecule has 268 valence electrons. The van der Waals surface area contributed by atoms with E-state index in [0.29, 0.717) is 18.5 Å². The molecule has 50 heavy (non-hydrogen) atoms. The van der Waals surface area contributed by atoms with E-state index in [9.17, 15) is 24.3 Å².